The van der Waals surface area contributed by atoms with Crippen LogP contribution in [0.1, 0.15) is 15.2 Å². The van der Waals surface area contributed by atoms with Gasteiger partial charge in [-0.15, -0.1) is 11.3 Å². The Morgan fingerprint density at radius 1 is 1.20 bits per heavy atom. The summed E-state index contributed by atoms with van der Waals surface area (Å²) < 4.78 is 27.8. The second-order valence-corrected chi connectivity index (χ2v) is 6.14. The molecular formula is C13H6BrF2NO2S. The lowest BCUT2D eigenvalue weighted by atomic mass is 10.1. The molecule has 0 bridgehead atoms. The first-order valence-electron chi connectivity index (χ1n) is 5.55. The van der Waals surface area contributed by atoms with E-state index in [2.05, 4.69) is 15.9 Å². The van der Waals surface area contributed by atoms with E-state index in [9.17, 15) is 18.4 Å². The maximum Gasteiger partial charge on any atom is 0.299 e. The van der Waals surface area contributed by atoms with Crippen LogP contribution in [-0.4, -0.2) is 11.7 Å². The van der Waals surface area contributed by atoms with Gasteiger partial charge in [0.05, 0.1) is 17.8 Å². The van der Waals surface area contributed by atoms with E-state index >= 15 is 0 Å². The summed E-state index contributed by atoms with van der Waals surface area (Å²) in [6.07, 6.45) is 0. The average molecular weight is 358 g/mol. The van der Waals surface area contributed by atoms with Gasteiger partial charge < -0.3 is 0 Å². The Hall–Kier alpha value is -1.60. The summed E-state index contributed by atoms with van der Waals surface area (Å²) in [5.74, 6) is -3.60. The quantitative estimate of drug-likeness (QED) is 0.771. The first-order chi connectivity index (χ1) is 9.47. The molecule has 1 aliphatic rings. The van der Waals surface area contributed by atoms with Crippen molar-refractivity contribution in [3.8, 4) is 0 Å². The zero-order chi connectivity index (χ0) is 14.4. The monoisotopic (exact) mass is 357 g/mol. The van der Waals surface area contributed by atoms with E-state index in [1.54, 1.807) is 6.07 Å². The summed E-state index contributed by atoms with van der Waals surface area (Å²) in [5.41, 5.74) is -0.367. The van der Waals surface area contributed by atoms with Crippen LogP contribution in [0.15, 0.2) is 28.1 Å². The highest BCUT2D eigenvalue weighted by molar-refractivity contribution is 9.10. The zero-order valence-corrected chi connectivity index (χ0v) is 12.2. The molecule has 1 amide bonds. The van der Waals surface area contributed by atoms with Gasteiger partial charge in [-0.05, 0) is 28.1 Å². The zero-order valence-electron chi connectivity index (χ0n) is 9.82. The number of anilines is 1. The minimum Gasteiger partial charge on any atom is -0.299 e. The van der Waals surface area contributed by atoms with Crippen molar-refractivity contribution < 1.29 is 18.4 Å². The standard InChI is InChI=1S/C13H6BrF2NO2S/c14-6-1-8(20-5-6)4-17-10-3-7(15)2-9(16)11(10)12(18)13(17)19/h1-3,5H,4H2. The van der Waals surface area contributed by atoms with Crippen LogP contribution in [0.25, 0.3) is 0 Å². The van der Waals surface area contributed by atoms with Gasteiger partial charge in [-0.25, -0.2) is 8.78 Å². The van der Waals surface area contributed by atoms with Gasteiger partial charge in [-0.1, -0.05) is 0 Å². The van der Waals surface area contributed by atoms with Crippen molar-refractivity contribution in [1.82, 2.24) is 0 Å². The van der Waals surface area contributed by atoms with Crippen molar-refractivity contribution >= 4 is 44.6 Å². The third kappa shape index (κ3) is 2.06. The number of Topliss-reactive ketones (excluding diaryl/α,β-unsaturated/α-hetero) is 1. The van der Waals surface area contributed by atoms with E-state index in [4.69, 9.17) is 0 Å². The van der Waals surface area contributed by atoms with E-state index < -0.39 is 23.3 Å². The molecule has 3 rings (SSSR count). The van der Waals surface area contributed by atoms with Crippen LogP contribution in [0.2, 0.25) is 0 Å². The smallest absolute Gasteiger partial charge is 0.299 e. The van der Waals surface area contributed by atoms with E-state index in [0.717, 1.165) is 20.3 Å². The van der Waals surface area contributed by atoms with Crippen molar-refractivity contribution in [2.75, 3.05) is 4.90 Å². The molecule has 102 valence electrons. The van der Waals surface area contributed by atoms with Crippen LogP contribution < -0.4 is 4.90 Å². The number of benzene rings is 1. The number of hydrogen-bond donors (Lipinski definition) is 0. The fraction of sp³-hybridized carbons (Fsp3) is 0.0769. The van der Waals surface area contributed by atoms with E-state index in [1.165, 1.54) is 11.3 Å². The molecule has 0 saturated carbocycles. The number of halogens is 3. The Bertz CT molecular complexity index is 744. The third-order valence-corrected chi connectivity index (χ3v) is 4.61. The molecule has 3 nitrogen and oxygen atoms in total. The largest absolute Gasteiger partial charge is 0.299 e. The van der Waals surface area contributed by atoms with Crippen LogP contribution in [0, 0.1) is 11.6 Å². The van der Waals surface area contributed by atoms with Gasteiger partial charge in [0, 0.05) is 20.8 Å². The fourth-order valence-electron chi connectivity index (χ4n) is 2.09. The highest BCUT2D eigenvalue weighted by Gasteiger charge is 2.38. The van der Waals surface area contributed by atoms with Crippen LogP contribution in [0.5, 0.6) is 0 Å². The fourth-order valence-corrected chi connectivity index (χ4v) is 3.52. The van der Waals surface area contributed by atoms with E-state index in [0.29, 0.717) is 6.07 Å². The minimum absolute atomic E-state index is 0.0120. The van der Waals surface area contributed by atoms with Gasteiger partial charge >= 0.3 is 0 Å². The summed E-state index contributed by atoms with van der Waals surface area (Å²) in [6.45, 7) is 0.108. The molecule has 0 radical (unpaired) electrons. The number of carbonyl (C=O) groups is 2. The second-order valence-electron chi connectivity index (χ2n) is 4.23. The van der Waals surface area contributed by atoms with E-state index in [-0.39, 0.29) is 17.8 Å². The number of nitrogens with zero attached hydrogens (tertiary/aromatic N) is 1. The number of thiophene rings is 1. The first-order valence-corrected chi connectivity index (χ1v) is 7.23. The molecule has 0 saturated heterocycles. The van der Waals surface area contributed by atoms with Gasteiger partial charge in [0.25, 0.3) is 11.7 Å². The predicted octanol–water partition coefficient (Wildman–Crippen LogP) is 3.52. The summed E-state index contributed by atoms with van der Waals surface area (Å²) in [7, 11) is 0. The highest BCUT2D eigenvalue weighted by atomic mass is 79.9. The van der Waals surface area contributed by atoms with Gasteiger partial charge in [0.2, 0.25) is 0 Å². The van der Waals surface area contributed by atoms with Gasteiger partial charge in [-0.2, -0.15) is 0 Å². The number of ketones is 1. The van der Waals surface area contributed by atoms with Crippen LogP contribution in [-0.2, 0) is 11.3 Å². The van der Waals surface area contributed by atoms with Crippen molar-refractivity contribution in [3.63, 3.8) is 0 Å². The number of carbonyl (C=O) groups excluding carboxylic acids is 2. The average Bonchev–Trinajstić information content (AvgIpc) is 2.87. The van der Waals surface area contributed by atoms with Crippen LogP contribution in [0.3, 0.4) is 0 Å². The molecule has 2 aromatic rings. The minimum atomic E-state index is -1.01. The molecule has 0 N–H and O–H groups in total. The second kappa shape index (κ2) is 4.75. The highest BCUT2D eigenvalue weighted by Crippen LogP contribution is 2.34. The van der Waals surface area contributed by atoms with Gasteiger partial charge in [0.15, 0.2) is 0 Å². The van der Waals surface area contributed by atoms with E-state index in [1.807, 2.05) is 5.38 Å². The Kier molecular flexibility index (Phi) is 3.18. The first kappa shape index (κ1) is 13.4. The van der Waals surface area contributed by atoms with Crippen LogP contribution >= 0.6 is 27.3 Å². The molecule has 0 unspecified atom stereocenters. The van der Waals surface area contributed by atoms with Crippen molar-refractivity contribution in [2.45, 2.75) is 6.54 Å². The Labute approximate surface area is 124 Å². The molecule has 1 aromatic carbocycles. The Morgan fingerprint density at radius 2 is 1.95 bits per heavy atom. The van der Waals surface area contributed by atoms with Gasteiger partial charge in [-0.3, -0.25) is 14.5 Å². The van der Waals surface area contributed by atoms with Crippen LogP contribution in [0.4, 0.5) is 14.5 Å². The number of fused-ring (bicyclic) bond motifs is 1. The lowest BCUT2D eigenvalue weighted by molar-refractivity contribution is -0.114. The molecule has 1 aliphatic heterocycles. The number of rotatable bonds is 2. The Balaban J connectivity index is 2.06. The van der Waals surface area contributed by atoms with Crippen molar-refractivity contribution in [2.24, 2.45) is 0 Å². The van der Waals surface area contributed by atoms with Crippen molar-refractivity contribution in [1.29, 1.82) is 0 Å². The summed E-state index contributed by atoms with van der Waals surface area (Å²) in [6, 6.07) is 3.40. The normalized spacial score (nSPS) is 14.1. The molecule has 0 spiro atoms. The molecule has 0 aliphatic carbocycles. The molecule has 0 atom stereocenters. The summed E-state index contributed by atoms with van der Waals surface area (Å²) >= 11 is 4.67. The molecule has 20 heavy (non-hydrogen) atoms. The topological polar surface area (TPSA) is 37.4 Å². The molecule has 7 heteroatoms. The summed E-state index contributed by atoms with van der Waals surface area (Å²) in [5, 5.41) is 1.82. The molecule has 0 fully saturated rings. The molecule has 1 aromatic heterocycles. The maximum absolute atomic E-state index is 13.6. The maximum atomic E-state index is 13.6. The van der Waals surface area contributed by atoms with Gasteiger partial charge in [0.1, 0.15) is 11.6 Å². The predicted molar refractivity (Wildman–Crippen MR) is 73.9 cm³/mol. The lowest BCUT2D eigenvalue weighted by Crippen LogP contribution is -2.28. The SMILES string of the molecule is O=C1C(=O)N(Cc2cc(Br)cs2)c2cc(F)cc(F)c21. The molecular weight excluding hydrogens is 352 g/mol. The van der Waals surface area contributed by atoms with Crippen molar-refractivity contribution in [3.05, 3.63) is 50.1 Å². The number of hydrogen-bond acceptors (Lipinski definition) is 3. The lowest BCUT2D eigenvalue weighted by Gasteiger charge is -2.15. The Morgan fingerprint density at radius 3 is 2.60 bits per heavy atom. The number of amides is 1. The third-order valence-electron chi connectivity index (χ3n) is 2.93. The summed E-state index contributed by atoms with van der Waals surface area (Å²) in [4.78, 5) is 25.6. The molecule has 2 heterocycles.